The molecule has 0 saturated carbocycles. The molecule has 0 aliphatic carbocycles. The second-order valence-corrected chi connectivity index (χ2v) is 5.31. The Labute approximate surface area is 128 Å². The number of hydrogen-bond donors (Lipinski definition) is 3. The summed E-state index contributed by atoms with van der Waals surface area (Å²) in [5.41, 5.74) is 6.93. The number of nitrogens with one attached hydrogen (secondary N) is 1. The van der Waals surface area contributed by atoms with E-state index in [1.54, 1.807) is 24.3 Å². The Morgan fingerprint density at radius 1 is 1.57 bits per heavy atom. The summed E-state index contributed by atoms with van der Waals surface area (Å²) in [7, 11) is 0. The van der Waals surface area contributed by atoms with E-state index in [9.17, 15) is 9.90 Å². The molecule has 1 atom stereocenters. The first kappa shape index (κ1) is 15.8. The van der Waals surface area contributed by atoms with Crippen molar-refractivity contribution in [2.75, 3.05) is 38.2 Å². The number of carbonyl (C=O) groups excluding carboxylic acids is 1. The lowest BCUT2D eigenvalue weighted by atomic mass is 10.2. The fourth-order valence-electron chi connectivity index (χ4n) is 2.20. The van der Waals surface area contributed by atoms with Crippen LogP contribution in [-0.2, 0) is 9.53 Å². The molecular weight excluding hydrogens is 290 g/mol. The van der Waals surface area contributed by atoms with Gasteiger partial charge in [-0.05, 0) is 12.1 Å². The Morgan fingerprint density at radius 2 is 2.38 bits per heavy atom. The molecule has 21 heavy (non-hydrogen) atoms. The molecule has 1 saturated heterocycles. The van der Waals surface area contributed by atoms with Gasteiger partial charge in [0.25, 0.3) is 0 Å². The smallest absolute Gasteiger partial charge is 0.238 e. The Kier molecular flexibility index (Phi) is 5.63. The average molecular weight is 309 g/mol. The summed E-state index contributed by atoms with van der Waals surface area (Å²) < 4.78 is 5.28. The first-order valence-electron chi connectivity index (χ1n) is 6.72. The van der Waals surface area contributed by atoms with Crippen molar-refractivity contribution in [2.45, 2.75) is 6.04 Å². The van der Waals surface area contributed by atoms with E-state index >= 15 is 0 Å². The van der Waals surface area contributed by atoms with E-state index in [1.807, 2.05) is 4.90 Å². The molecule has 4 N–H and O–H groups in total. The molecule has 1 aliphatic rings. The van der Waals surface area contributed by atoms with E-state index < -0.39 is 0 Å². The number of carbonyl (C=O) groups is 1. The van der Waals surface area contributed by atoms with Gasteiger partial charge < -0.3 is 20.9 Å². The molecule has 6 nitrogen and oxygen atoms in total. The summed E-state index contributed by atoms with van der Waals surface area (Å²) >= 11 is 4.91. The molecule has 1 aromatic rings. The summed E-state index contributed by atoms with van der Waals surface area (Å²) in [5.74, 6) is -0.143. The van der Waals surface area contributed by atoms with Crippen molar-refractivity contribution in [3.8, 4) is 0 Å². The molecule has 0 aromatic heterocycles. The Hall–Kier alpha value is -1.54. The van der Waals surface area contributed by atoms with Crippen LogP contribution in [0.1, 0.15) is 5.56 Å². The highest BCUT2D eigenvalue weighted by Gasteiger charge is 2.24. The van der Waals surface area contributed by atoms with Gasteiger partial charge in [-0.3, -0.25) is 9.69 Å². The van der Waals surface area contributed by atoms with Crippen LogP contribution >= 0.6 is 12.2 Å². The molecule has 1 unspecified atom stereocenters. The second kappa shape index (κ2) is 7.46. The third-order valence-corrected chi connectivity index (χ3v) is 3.57. The number of aliphatic hydroxyl groups excluding tert-OH is 1. The number of thiocarbonyl (C=S) groups is 1. The number of aliphatic hydroxyl groups is 1. The molecular formula is C14H19N3O3S. The molecule has 0 spiro atoms. The van der Waals surface area contributed by atoms with Gasteiger partial charge in [0.1, 0.15) is 4.99 Å². The Balaban J connectivity index is 1.95. The van der Waals surface area contributed by atoms with E-state index in [4.69, 9.17) is 22.7 Å². The third-order valence-electron chi connectivity index (χ3n) is 3.34. The highest BCUT2D eigenvalue weighted by atomic mass is 32.1. The molecule has 1 fully saturated rings. The van der Waals surface area contributed by atoms with Gasteiger partial charge >= 0.3 is 0 Å². The maximum Gasteiger partial charge on any atom is 0.238 e. The van der Waals surface area contributed by atoms with Crippen molar-refractivity contribution in [3.63, 3.8) is 0 Å². The average Bonchev–Trinajstić information content (AvgIpc) is 2.48. The normalized spacial score (nSPS) is 19.2. The molecule has 1 heterocycles. The Morgan fingerprint density at radius 3 is 3.10 bits per heavy atom. The minimum absolute atomic E-state index is 0.0236. The first-order chi connectivity index (χ1) is 10.1. The summed E-state index contributed by atoms with van der Waals surface area (Å²) in [6, 6.07) is 6.97. The lowest BCUT2D eigenvalue weighted by Gasteiger charge is -2.33. The number of hydrogen-bond acceptors (Lipinski definition) is 5. The summed E-state index contributed by atoms with van der Waals surface area (Å²) in [6.07, 6.45) is 0. The van der Waals surface area contributed by atoms with Crippen LogP contribution < -0.4 is 11.1 Å². The summed E-state index contributed by atoms with van der Waals surface area (Å²) in [4.78, 5) is 14.3. The maximum atomic E-state index is 12.1. The number of amides is 1. The quantitative estimate of drug-likeness (QED) is 0.661. The largest absolute Gasteiger partial charge is 0.395 e. The van der Waals surface area contributed by atoms with E-state index in [2.05, 4.69) is 5.32 Å². The van der Waals surface area contributed by atoms with E-state index in [1.165, 1.54) is 0 Å². The predicted molar refractivity (Wildman–Crippen MR) is 84.2 cm³/mol. The fourth-order valence-corrected chi connectivity index (χ4v) is 2.33. The third kappa shape index (κ3) is 4.47. The standard InChI is InChI=1S/C14H19N3O3S/c15-14(21)10-2-1-3-11(6-10)16-13(19)7-17-4-5-20-9-12(17)8-18/h1-3,6,12,18H,4-5,7-9H2,(H2,15,21)(H,16,19). The lowest BCUT2D eigenvalue weighted by Crippen LogP contribution is -2.50. The van der Waals surface area contributed by atoms with Crippen molar-refractivity contribution in [3.05, 3.63) is 29.8 Å². The van der Waals surface area contributed by atoms with Crippen LogP contribution in [0.4, 0.5) is 5.69 Å². The van der Waals surface area contributed by atoms with Crippen molar-refractivity contribution >= 4 is 28.8 Å². The van der Waals surface area contributed by atoms with Gasteiger partial charge in [-0.2, -0.15) is 0 Å². The fraction of sp³-hybridized carbons (Fsp3) is 0.429. The van der Waals surface area contributed by atoms with Crippen molar-refractivity contribution in [2.24, 2.45) is 5.73 Å². The van der Waals surface area contributed by atoms with Crippen LogP contribution in [0.5, 0.6) is 0 Å². The van der Waals surface area contributed by atoms with Gasteiger partial charge in [0.2, 0.25) is 5.91 Å². The van der Waals surface area contributed by atoms with Gasteiger partial charge in [0.05, 0.1) is 32.4 Å². The van der Waals surface area contributed by atoms with E-state index in [-0.39, 0.29) is 25.1 Å². The van der Waals surface area contributed by atoms with Crippen LogP contribution in [0.3, 0.4) is 0 Å². The number of nitrogens with zero attached hydrogens (tertiary/aromatic N) is 1. The number of anilines is 1. The molecule has 1 aliphatic heterocycles. The maximum absolute atomic E-state index is 12.1. The SMILES string of the molecule is NC(=S)c1cccc(NC(=O)CN2CCOCC2CO)c1. The number of nitrogens with two attached hydrogens (primary N) is 1. The number of ether oxygens (including phenoxy) is 1. The van der Waals surface area contributed by atoms with Crippen LogP contribution in [0.25, 0.3) is 0 Å². The van der Waals surface area contributed by atoms with Crippen LogP contribution in [0, 0.1) is 0 Å². The number of rotatable bonds is 5. The summed E-state index contributed by atoms with van der Waals surface area (Å²) in [6.45, 7) is 1.84. The Bertz CT molecular complexity index is 524. The van der Waals surface area contributed by atoms with Crippen LogP contribution in [-0.4, -0.2) is 59.9 Å². The molecule has 7 heteroatoms. The zero-order valence-corrected chi connectivity index (χ0v) is 12.4. The second-order valence-electron chi connectivity index (χ2n) is 4.88. The molecule has 1 aromatic carbocycles. The topological polar surface area (TPSA) is 87.8 Å². The predicted octanol–water partition coefficient (Wildman–Crippen LogP) is -0.0476. The van der Waals surface area contributed by atoms with Crippen molar-refractivity contribution in [1.29, 1.82) is 0 Å². The molecule has 114 valence electrons. The zero-order chi connectivity index (χ0) is 15.2. The zero-order valence-electron chi connectivity index (χ0n) is 11.6. The van der Waals surface area contributed by atoms with E-state index in [0.29, 0.717) is 36.0 Å². The minimum Gasteiger partial charge on any atom is -0.395 e. The first-order valence-corrected chi connectivity index (χ1v) is 7.13. The van der Waals surface area contributed by atoms with Crippen LogP contribution in [0.15, 0.2) is 24.3 Å². The van der Waals surface area contributed by atoms with Crippen molar-refractivity contribution in [1.82, 2.24) is 4.90 Å². The number of benzene rings is 1. The van der Waals surface area contributed by atoms with Gasteiger partial charge in [-0.15, -0.1) is 0 Å². The van der Waals surface area contributed by atoms with Gasteiger partial charge in [0.15, 0.2) is 0 Å². The van der Waals surface area contributed by atoms with Gasteiger partial charge in [0, 0.05) is 17.8 Å². The minimum atomic E-state index is -0.143. The van der Waals surface area contributed by atoms with Crippen molar-refractivity contribution < 1.29 is 14.6 Å². The number of morpholine rings is 1. The highest BCUT2D eigenvalue weighted by Crippen LogP contribution is 2.11. The monoisotopic (exact) mass is 309 g/mol. The van der Waals surface area contributed by atoms with Gasteiger partial charge in [-0.1, -0.05) is 24.4 Å². The highest BCUT2D eigenvalue weighted by molar-refractivity contribution is 7.80. The molecule has 0 bridgehead atoms. The lowest BCUT2D eigenvalue weighted by molar-refractivity contribution is -0.120. The van der Waals surface area contributed by atoms with Gasteiger partial charge in [-0.25, -0.2) is 0 Å². The molecule has 2 rings (SSSR count). The molecule has 1 amide bonds. The van der Waals surface area contributed by atoms with Crippen LogP contribution in [0.2, 0.25) is 0 Å². The van der Waals surface area contributed by atoms with E-state index in [0.717, 1.165) is 0 Å². The molecule has 0 radical (unpaired) electrons. The summed E-state index contributed by atoms with van der Waals surface area (Å²) in [5, 5.41) is 12.1.